The summed E-state index contributed by atoms with van der Waals surface area (Å²) in [5.41, 5.74) is 6.53. The molecular formula is C30H42N4O7. The van der Waals surface area contributed by atoms with E-state index >= 15 is 0 Å². The van der Waals surface area contributed by atoms with Crippen LogP contribution in [-0.2, 0) is 25.5 Å². The van der Waals surface area contributed by atoms with Gasteiger partial charge in [-0.25, -0.2) is 10.2 Å². The number of piperidine rings is 1. The second-order valence-corrected chi connectivity index (χ2v) is 10.8. The molecule has 0 radical (unpaired) electrons. The molecule has 11 nitrogen and oxygen atoms in total. The summed E-state index contributed by atoms with van der Waals surface area (Å²) in [4.78, 5) is 37.3. The molecule has 1 fully saturated rings. The van der Waals surface area contributed by atoms with E-state index in [0.717, 1.165) is 36.9 Å². The minimum Gasteiger partial charge on any atom is -0.493 e. The maximum absolute atomic E-state index is 13.1. The first-order chi connectivity index (χ1) is 19.6. The number of hydrogen-bond donors (Lipinski definition) is 4. The highest BCUT2D eigenvalue weighted by Crippen LogP contribution is 2.31. The summed E-state index contributed by atoms with van der Waals surface area (Å²) < 4.78 is 21.9. The lowest BCUT2D eigenvalue weighted by molar-refractivity contribution is -0.153. The van der Waals surface area contributed by atoms with Crippen LogP contribution in [0, 0.1) is 0 Å². The van der Waals surface area contributed by atoms with Crippen LogP contribution >= 0.6 is 0 Å². The standard InChI is InChI=1S/C30H42N4O7/c1-30(2,3)41-29(37)34-32-19-27(35)33-22-10-8-9-21(18-22)24(40-28(36)23-11-6-7-16-31-23)14-12-20-13-15-25(38-4)26(17-20)39-5/h8-10,13,15,17-18,23-24,31-32H,6-7,11-12,14,16,19H2,1-5H3,(H,33,35)(H,34,37)/t23?,24-/m1/s1. The zero-order valence-electron chi connectivity index (χ0n) is 24.5. The van der Waals surface area contributed by atoms with Gasteiger partial charge in [0, 0.05) is 5.69 Å². The number of ether oxygens (including phenoxy) is 4. The number of anilines is 1. The van der Waals surface area contributed by atoms with E-state index in [4.69, 9.17) is 18.9 Å². The Labute approximate surface area is 241 Å². The Bertz CT molecular complexity index is 1180. The number of carbonyl (C=O) groups is 3. The van der Waals surface area contributed by atoms with Crippen molar-refractivity contribution in [2.75, 3.05) is 32.6 Å². The van der Waals surface area contributed by atoms with Crippen molar-refractivity contribution in [2.45, 2.75) is 70.6 Å². The van der Waals surface area contributed by atoms with Crippen LogP contribution in [0.15, 0.2) is 42.5 Å². The Hall–Kier alpha value is -3.83. The number of hydrazine groups is 1. The van der Waals surface area contributed by atoms with Crippen LogP contribution < -0.4 is 31.0 Å². The summed E-state index contributed by atoms with van der Waals surface area (Å²) in [6.45, 7) is 5.85. The van der Waals surface area contributed by atoms with E-state index in [0.29, 0.717) is 30.0 Å². The molecule has 1 aliphatic heterocycles. The van der Waals surface area contributed by atoms with Gasteiger partial charge in [0.15, 0.2) is 11.5 Å². The molecule has 0 aromatic heterocycles. The highest BCUT2D eigenvalue weighted by Gasteiger charge is 2.26. The van der Waals surface area contributed by atoms with Crippen LogP contribution in [0.25, 0.3) is 0 Å². The molecule has 3 rings (SSSR count). The Morgan fingerprint density at radius 3 is 2.49 bits per heavy atom. The predicted octanol–water partition coefficient (Wildman–Crippen LogP) is 4.03. The average molecular weight is 571 g/mol. The summed E-state index contributed by atoms with van der Waals surface area (Å²) in [7, 11) is 3.18. The lowest BCUT2D eigenvalue weighted by Gasteiger charge is -2.26. The van der Waals surface area contributed by atoms with Crippen LogP contribution in [0.2, 0.25) is 0 Å². The van der Waals surface area contributed by atoms with Gasteiger partial charge in [0.25, 0.3) is 0 Å². The molecule has 0 bridgehead atoms. The van der Waals surface area contributed by atoms with Crippen LogP contribution in [0.3, 0.4) is 0 Å². The number of carbonyl (C=O) groups excluding carboxylic acids is 3. The molecule has 2 aromatic rings. The van der Waals surface area contributed by atoms with Gasteiger partial charge in [-0.3, -0.25) is 15.0 Å². The average Bonchev–Trinajstić information content (AvgIpc) is 2.94. The van der Waals surface area contributed by atoms with Crippen molar-refractivity contribution < 1.29 is 33.3 Å². The third kappa shape index (κ3) is 10.6. The zero-order valence-corrected chi connectivity index (χ0v) is 24.5. The van der Waals surface area contributed by atoms with E-state index in [1.54, 1.807) is 53.2 Å². The van der Waals surface area contributed by atoms with Crippen molar-refractivity contribution in [2.24, 2.45) is 0 Å². The van der Waals surface area contributed by atoms with E-state index in [-0.39, 0.29) is 24.5 Å². The Balaban J connectivity index is 1.68. The summed E-state index contributed by atoms with van der Waals surface area (Å²) in [5, 5.41) is 6.05. The Morgan fingerprint density at radius 1 is 1.02 bits per heavy atom. The lowest BCUT2D eigenvalue weighted by atomic mass is 9.99. The highest BCUT2D eigenvalue weighted by molar-refractivity contribution is 5.92. The largest absolute Gasteiger partial charge is 0.493 e. The molecule has 224 valence electrons. The van der Waals surface area contributed by atoms with E-state index in [1.165, 1.54) is 0 Å². The molecule has 2 aromatic carbocycles. The predicted molar refractivity (Wildman–Crippen MR) is 155 cm³/mol. The topological polar surface area (TPSA) is 136 Å². The van der Waals surface area contributed by atoms with Gasteiger partial charge >= 0.3 is 12.1 Å². The van der Waals surface area contributed by atoms with E-state index in [1.807, 2.05) is 24.3 Å². The molecule has 41 heavy (non-hydrogen) atoms. The van der Waals surface area contributed by atoms with Gasteiger partial charge in [-0.2, -0.15) is 0 Å². The van der Waals surface area contributed by atoms with Crippen LogP contribution in [0.4, 0.5) is 10.5 Å². The number of amides is 2. The van der Waals surface area contributed by atoms with Gasteiger partial charge in [0.1, 0.15) is 17.7 Å². The van der Waals surface area contributed by atoms with Crippen molar-refractivity contribution in [3.8, 4) is 11.5 Å². The molecule has 2 amide bonds. The van der Waals surface area contributed by atoms with Crippen LogP contribution in [0.5, 0.6) is 11.5 Å². The number of nitrogens with one attached hydrogen (secondary N) is 4. The maximum Gasteiger partial charge on any atom is 0.422 e. The molecule has 1 unspecified atom stereocenters. The zero-order chi connectivity index (χ0) is 29.8. The number of aryl methyl sites for hydroxylation is 1. The van der Waals surface area contributed by atoms with Crippen LogP contribution in [-0.4, -0.2) is 56.9 Å². The molecular weight excluding hydrogens is 528 g/mol. The van der Waals surface area contributed by atoms with Crippen molar-refractivity contribution in [3.63, 3.8) is 0 Å². The second kappa shape index (κ2) is 15.2. The quantitative estimate of drug-likeness (QED) is 0.220. The first-order valence-electron chi connectivity index (χ1n) is 13.8. The van der Waals surface area contributed by atoms with Crippen molar-refractivity contribution >= 4 is 23.7 Å². The van der Waals surface area contributed by atoms with E-state index < -0.39 is 17.8 Å². The minimum absolute atomic E-state index is 0.172. The first kappa shape index (κ1) is 31.7. The maximum atomic E-state index is 13.1. The summed E-state index contributed by atoms with van der Waals surface area (Å²) >= 11 is 0. The van der Waals surface area contributed by atoms with Crippen molar-refractivity contribution in [1.82, 2.24) is 16.2 Å². The Morgan fingerprint density at radius 2 is 1.80 bits per heavy atom. The monoisotopic (exact) mass is 570 g/mol. The molecule has 4 N–H and O–H groups in total. The summed E-state index contributed by atoms with van der Waals surface area (Å²) in [6, 6.07) is 12.6. The molecule has 0 spiro atoms. The molecule has 0 saturated carbocycles. The highest BCUT2D eigenvalue weighted by atomic mass is 16.6. The smallest absolute Gasteiger partial charge is 0.422 e. The minimum atomic E-state index is -0.682. The summed E-state index contributed by atoms with van der Waals surface area (Å²) in [5.74, 6) is 0.614. The van der Waals surface area contributed by atoms with E-state index in [2.05, 4.69) is 21.5 Å². The summed E-state index contributed by atoms with van der Waals surface area (Å²) in [6.07, 6.45) is 2.67. The molecule has 1 saturated heterocycles. The van der Waals surface area contributed by atoms with Gasteiger partial charge in [0.2, 0.25) is 5.91 Å². The van der Waals surface area contributed by atoms with E-state index in [9.17, 15) is 14.4 Å². The molecule has 0 aliphatic carbocycles. The van der Waals surface area contributed by atoms with Gasteiger partial charge < -0.3 is 29.6 Å². The van der Waals surface area contributed by atoms with Gasteiger partial charge in [-0.05, 0) is 88.4 Å². The molecule has 1 aliphatic rings. The lowest BCUT2D eigenvalue weighted by Crippen LogP contribution is -2.44. The second-order valence-electron chi connectivity index (χ2n) is 10.8. The van der Waals surface area contributed by atoms with Crippen LogP contribution in [0.1, 0.15) is 63.7 Å². The van der Waals surface area contributed by atoms with Crippen molar-refractivity contribution in [1.29, 1.82) is 0 Å². The van der Waals surface area contributed by atoms with Crippen molar-refractivity contribution in [3.05, 3.63) is 53.6 Å². The number of methoxy groups -OCH3 is 2. The molecule has 1 heterocycles. The van der Waals surface area contributed by atoms with Gasteiger partial charge in [-0.15, -0.1) is 0 Å². The fourth-order valence-electron chi connectivity index (χ4n) is 4.43. The third-order valence-electron chi connectivity index (χ3n) is 6.38. The number of esters is 1. The molecule has 2 atom stereocenters. The number of rotatable bonds is 12. The first-order valence-corrected chi connectivity index (χ1v) is 13.8. The van der Waals surface area contributed by atoms with Gasteiger partial charge in [0.05, 0.1) is 20.8 Å². The SMILES string of the molecule is COc1ccc(CC[C@@H](OC(=O)C2CCCCN2)c2cccc(NC(=O)CNNC(=O)OC(C)(C)C)c2)cc1OC. The normalized spacial score (nSPS) is 15.8. The van der Waals surface area contributed by atoms with Gasteiger partial charge in [-0.1, -0.05) is 24.6 Å². The number of hydrogen-bond acceptors (Lipinski definition) is 9. The number of benzene rings is 2. The fourth-order valence-corrected chi connectivity index (χ4v) is 4.43. The Kier molecular flexibility index (Phi) is 11.8. The third-order valence-corrected chi connectivity index (χ3v) is 6.38. The molecule has 11 heteroatoms. The fraction of sp³-hybridized carbons (Fsp3) is 0.500.